The lowest BCUT2D eigenvalue weighted by atomic mass is 10.1. The van der Waals surface area contributed by atoms with Gasteiger partial charge in [0.05, 0.1) is 26.2 Å². The summed E-state index contributed by atoms with van der Waals surface area (Å²) in [5, 5.41) is 31.1. The van der Waals surface area contributed by atoms with Crippen LogP contribution in [-0.2, 0) is 38.1 Å². The minimum atomic E-state index is -0.640. The van der Waals surface area contributed by atoms with Crippen LogP contribution in [0.4, 0.5) is 0 Å². The van der Waals surface area contributed by atoms with E-state index >= 15 is 0 Å². The van der Waals surface area contributed by atoms with Gasteiger partial charge in [-0.05, 0) is 25.7 Å². The molecule has 4 N–H and O–H groups in total. The van der Waals surface area contributed by atoms with Gasteiger partial charge >= 0.3 is 23.9 Å². The molecule has 12 nitrogen and oxygen atoms in total. The lowest BCUT2D eigenvalue weighted by Gasteiger charge is -2.07. The second-order valence-electron chi connectivity index (χ2n) is 6.84. The van der Waals surface area contributed by atoms with Crippen molar-refractivity contribution < 1.29 is 58.6 Å². The molecule has 0 fully saturated rings. The molecule has 12 heteroatoms. The van der Waals surface area contributed by atoms with Gasteiger partial charge in [0.15, 0.2) is 0 Å². The standard InChI is InChI=1S/C21H36O10.2CH4O/c22-12-6-3-5-10-19(25)31-16-11-20(26)29-15-8-14-28-18(24)9-4-1-2-7-13-30-21(27)17-23;2*1-2/h22-23H,1-17H2;2*2H,1H3. The fraction of sp³-hybridized carbons (Fsp3) is 0.826. The molecule has 0 bridgehead atoms. The van der Waals surface area contributed by atoms with Crippen LogP contribution in [0.15, 0.2) is 0 Å². The van der Waals surface area contributed by atoms with E-state index in [-0.39, 0.29) is 57.8 Å². The molecule has 0 aromatic heterocycles. The van der Waals surface area contributed by atoms with Gasteiger partial charge in [0, 0.05) is 40.1 Å². The largest absolute Gasteiger partial charge is 0.466 e. The highest BCUT2D eigenvalue weighted by molar-refractivity contribution is 5.72. The maximum absolute atomic E-state index is 11.6. The van der Waals surface area contributed by atoms with Gasteiger partial charge in [-0.15, -0.1) is 0 Å². The lowest BCUT2D eigenvalue weighted by molar-refractivity contribution is -0.150. The SMILES string of the molecule is CO.CO.O=C(CO)OCCCCCCC(=O)OCCCOC(=O)CCOC(=O)CCCCCO. The lowest BCUT2D eigenvalue weighted by Crippen LogP contribution is -2.14. The summed E-state index contributed by atoms with van der Waals surface area (Å²) in [5.41, 5.74) is 0. The molecule has 208 valence electrons. The Morgan fingerprint density at radius 1 is 0.457 bits per heavy atom. The third-order valence-electron chi connectivity index (χ3n) is 4.09. The van der Waals surface area contributed by atoms with Crippen molar-refractivity contribution in [2.45, 2.75) is 70.6 Å². The first-order valence-electron chi connectivity index (χ1n) is 11.7. The molecule has 0 aromatic carbocycles. The minimum Gasteiger partial charge on any atom is -0.466 e. The molecule has 0 atom stereocenters. The number of aliphatic hydroxyl groups excluding tert-OH is 4. The van der Waals surface area contributed by atoms with Crippen LogP contribution in [0, 0.1) is 0 Å². The maximum atomic E-state index is 11.6. The van der Waals surface area contributed by atoms with E-state index in [2.05, 4.69) is 0 Å². The van der Waals surface area contributed by atoms with Crippen molar-refractivity contribution in [2.75, 3.05) is 53.9 Å². The summed E-state index contributed by atoms with van der Waals surface area (Å²) in [7, 11) is 2.00. The first-order valence-corrected chi connectivity index (χ1v) is 11.7. The fourth-order valence-corrected chi connectivity index (χ4v) is 2.41. The zero-order valence-electron chi connectivity index (χ0n) is 21.1. The van der Waals surface area contributed by atoms with E-state index in [1.807, 2.05) is 0 Å². The van der Waals surface area contributed by atoms with Crippen LogP contribution in [0.5, 0.6) is 0 Å². The van der Waals surface area contributed by atoms with Gasteiger partial charge in [-0.25, -0.2) is 4.79 Å². The molecule has 35 heavy (non-hydrogen) atoms. The molecule has 0 rings (SSSR count). The highest BCUT2D eigenvalue weighted by atomic mass is 16.6. The van der Waals surface area contributed by atoms with Gasteiger partial charge in [0.25, 0.3) is 0 Å². The average molecular weight is 513 g/mol. The molecule has 0 radical (unpaired) electrons. The van der Waals surface area contributed by atoms with Crippen molar-refractivity contribution in [3.63, 3.8) is 0 Å². The number of unbranched alkanes of at least 4 members (excludes halogenated alkanes) is 5. The van der Waals surface area contributed by atoms with E-state index in [1.54, 1.807) is 0 Å². The zero-order chi connectivity index (χ0) is 27.2. The normalized spacial score (nSPS) is 9.54. The third kappa shape index (κ3) is 31.7. The Kier molecular flexibility index (Phi) is 33.8. The van der Waals surface area contributed by atoms with Crippen molar-refractivity contribution in [2.24, 2.45) is 0 Å². The maximum Gasteiger partial charge on any atom is 0.331 e. The van der Waals surface area contributed by atoms with Gasteiger partial charge < -0.3 is 39.4 Å². The average Bonchev–Trinajstić information content (AvgIpc) is 2.88. The molecule has 0 aliphatic rings. The summed E-state index contributed by atoms with van der Waals surface area (Å²) in [4.78, 5) is 45.2. The summed E-state index contributed by atoms with van der Waals surface area (Å²) in [6, 6.07) is 0. The van der Waals surface area contributed by atoms with Crippen LogP contribution in [0.3, 0.4) is 0 Å². The van der Waals surface area contributed by atoms with Crippen LogP contribution in [-0.4, -0.2) is 98.2 Å². The molecule has 0 aromatic rings. The molecular weight excluding hydrogens is 468 g/mol. The van der Waals surface area contributed by atoms with Gasteiger partial charge in [-0.1, -0.05) is 19.3 Å². The van der Waals surface area contributed by atoms with Crippen molar-refractivity contribution in [1.82, 2.24) is 0 Å². The molecule has 0 saturated heterocycles. The highest BCUT2D eigenvalue weighted by Gasteiger charge is 2.08. The Balaban J connectivity index is -0.00000242. The van der Waals surface area contributed by atoms with E-state index < -0.39 is 18.5 Å². The predicted octanol–water partition coefficient (Wildman–Crippen LogP) is 0.652. The van der Waals surface area contributed by atoms with Gasteiger partial charge in [0.2, 0.25) is 0 Å². The molecule has 0 unspecified atom stereocenters. The summed E-state index contributed by atoms with van der Waals surface area (Å²) in [5.74, 6) is -1.81. The summed E-state index contributed by atoms with van der Waals surface area (Å²) in [6.45, 7) is -0.00503. The number of carbonyl (C=O) groups excluding carboxylic acids is 4. The number of ether oxygens (including phenoxy) is 4. The van der Waals surface area contributed by atoms with Crippen molar-refractivity contribution in [1.29, 1.82) is 0 Å². The Morgan fingerprint density at radius 2 is 0.857 bits per heavy atom. The second-order valence-corrected chi connectivity index (χ2v) is 6.84. The number of aliphatic hydroxyl groups is 4. The summed E-state index contributed by atoms with van der Waals surface area (Å²) in [6.07, 6.45) is 5.92. The fourth-order valence-electron chi connectivity index (χ4n) is 2.41. The van der Waals surface area contributed by atoms with E-state index in [4.69, 9.17) is 39.4 Å². The minimum absolute atomic E-state index is 0.0264. The first-order chi connectivity index (χ1) is 17.0. The quantitative estimate of drug-likeness (QED) is 0.101. The van der Waals surface area contributed by atoms with E-state index in [0.29, 0.717) is 38.5 Å². The molecule has 0 amide bonds. The van der Waals surface area contributed by atoms with Crippen molar-refractivity contribution in [3.05, 3.63) is 0 Å². The summed E-state index contributed by atoms with van der Waals surface area (Å²) < 4.78 is 19.7. The number of hydrogen-bond donors (Lipinski definition) is 4. The summed E-state index contributed by atoms with van der Waals surface area (Å²) >= 11 is 0. The van der Waals surface area contributed by atoms with Crippen LogP contribution in [0.2, 0.25) is 0 Å². The third-order valence-corrected chi connectivity index (χ3v) is 4.09. The molecular formula is C23H44O12. The van der Waals surface area contributed by atoms with E-state index in [1.165, 1.54) is 0 Å². The van der Waals surface area contributed by atoms with Gasteiger partial charge in [0.1, 0.15) is 13.2 Å². The van der Waals surface area contributed by atoms with Crippen LogP contribution in [0.25, 0.3) is 0 Å². The highest BCUT2D eigenvalue weighted by Crippen LogP contribution is 2.05. The molecule has 0 saturated carbocycles. The molecule has 0 aliphatic carbocycles. The number of rotatable bonds is 20. The van der Waals surface area contributed by atoms with Crippen molar-refractivity contribution in [3.8, 4) is 0 Å². The number of esters is 4. The second kappa shape index (κ2) is 31.7. The number of hydrogen-bond acceptors (Lipinski definition) is 12. The van der Waals surface area contributed by atoms with E-state index in [9.17, 15) is 19.2 Å². The zero-order valence-corrected chi connectivity index (χ0v) is 21.1. The topological polar surface area (TPSA) is 186 Å². The van der Waals surface area contributed by atoms with Crippen LogP contribution in [0.1, 0.15) is 70.6 Å². The molecule has 0 heterocycles. The van der Waals surface area contributed by atoms with Gasteiger partial charge in [-0.2, -0.15) is 0 Å². The Labute approximate surface area is 207 Å². The first kappa shape index (κ1) is 37.3. The molecule has 0 spiro atoms. The molecule has 0 aliphatic heterocycles. The van der Waals surface area contributed by atoms with Crippen LogP contribution >= 0.6 is 0 Å². The smallest absolute Gasteiger partial charge is 0.331 e. The predicted molar refractivity (Wildman–Crippen MR) is 125 cm³/mol. The van der Waals surface area contributed by atoms with Crippen molar-refractivity contribution >= 4 is 23.9 Å². The Morgan fingerprint density at radius 3 is 1.37 bits per heavy atom. The monoisotopic (exact) mass is 512 g/mol. The van der Waals surface area contributed by atoms with Gasteiger partial charge in [-0.3, -0.25) is 14.4 Å². The Bertz CT molecular complexity index is 511. The van der Waals surface area contributed by atoms with E-state index in [0.717, 1.165) is 33.5 Å². The Hall–Kier alpha value is -2.28. The van der Waals surface area contributed by atoms with Crippen LogP contribution < -0.4 is 0 Å². The number of carbonyl (C=O) groups is 4.